The van der Waals surface area contributed by atoms with Gasteiger partial charge in [0, 0.05) is 0 Å². The highest BCUT2D eigenvalue weighted by molar-refractivity contribution is 5.86. The lowest BCUT2D eigenvalue weighted by atomic mass is 10.2. The molecule has 0 unspecified atom stereocenters. The predicted octanol–water partition coefficient (Wildman–Crippen LogP) is 8.03. The molecular weight excluding hydrogens is 440 g/mol. The first-order valence-corrected chi connectivity index (χ1v) is 11.9. The van der Waals surface area contributed by atoms with Crippen LogP contribution in [-0.4, -0.2) is 12.4 Å². The Labute approximate surface area is 212 Å². The third-order valence-corrected chi connectivity index (χ3v) is 5.58. The fourth-order valence-corrected chi connectivity index (χ4v) is 3.76. The van der Waals surface area contributed by atoms with Crippen LogP contribution in [0.1, 0.15) is 11.1 Å². The highest BCUT2D eigenvalue weighted by Gasteiger charge is 2.07. The van der Waals surface area contributed by atoms with Crippen molar-refractivity contribution in [2.45, 2.75) is 0 Å². The zero-order chi connectivity index (χ0) is 24.4. The van der Waals surface area contributed by atoms with Gasteiger partial charge >= 0.3 is 0 Å². The molecule has 0 amide bonds. The maximum atomic E-state index is 4.78. The fourth-order valence-electron chi connectivity index (χ4n) is 3.76. The summed E-state index contributed by atoms with van der Waals surface area (Å²) in [6.45, 7) is 0. The van der Waals surface area contributed by atoms with Gasteiger partial charge < -0.3 is 0 Å². The van der Waals surface area contributed by atoms with E-state index < -0.39 is 0 Å². The molecule has 0 radical (unpaired) electrons. The molecule has 0 spiro atoms. The fraction of sp³-hybridized carbons (Fsp3) is 0. The molecule has 0 saturated carbocycles. The van der Waals surface area contributed by atoms with Crippen molar-refractivity contribution in [2.75, 3.05) is 10.0 Å². The van der Waals surface area contributed by atoms with Crippen LogP contribution in [0.25, 0.3) is 0 Å². The van der Waals surface area contributed by atoms with Crippen molar-refractivity contribution < 1.29 is 0 Å². The van der Waals surface area contributed by atoms with Crippen LogP contribution in [0.15, 0.2) is 156 Å². The number of rotatable bonds is 8. The number of para-hydroxylation sites is 4. The molecule has 0 aromatic heterocycles. The van der Waals surface area contributed by atoms with E-state index >= 15 is 0 Å². The molecule has 0 fully saturated rings. The van der Waals surface area contributed by atoms with Crippen molar-refractivity contribution in [1.29, 1.82) is 0 Å². The third kappa shape index (κ3) is 5.75. The van der Waals surface area contributed by atoms with Gasteiger partial charge in [-0.2, -0.15) is 10.2 Å². The molecule has 4 nitrogen and oxygen atoms in total. The molecule has 5 aromatic rings. The molecule has 4 heteroatoms. The van der Waals surface area contributed by atoms with Gasteiger partial charge in [0.15, 0.2) is 0 Å². The molecule has 174 valence electrons. The number of hydrogen-bond donors (Lipinski definition) is 0. The van der Waals surface area contributed by atoms with Crippen LogP contribution in [0.4, 0.5) is 22.7 Å². The first-order valence-electron chi connectivity index (χ1n) is 11.9. The lowest BCUT2D eigenvalue weighted by Crippen LogP contribution is -2.09. The monoisotopic (exact) mass is 466 g/mol. The summed E-state index contributed by atoms with van der Waals surface area (Å²) in [5, 5.41) is 13.4. The summed E-state index contributed by atoms with van der Waals surface area (Å²) in [7, 11) is 0. The van der Waals surface area contributed by atoms with Crippen LogP contribution in [0.2, 0.25) is 0 Å². The number of anilines is 4. The van der Waals surface area contributed by atoms with Gasteiger partial charge in [0.1, 0.15) is 0 Å². The quantitative estimate of drug-likeness (QED) is 0.171. The summed E-state index contributed by atoms with van der Waals surface area (Å²) in [6, 6.07) is 48.8. The van der Waals surface area contributed by atoms with Crippen molar-refractivity contribution in [3.8, 4) is 0 Å². The molecule has 0 aliphatic heterocycles. The second kappa shape index (κ2) is 11.4. The molecule has 0 saturated heterocycles. The standard InChI is InChI=1S/C32H26N4/c1-5-13-29(14-6-1)35(30-15-7-2-8-16-30)33-25-27-21-23-28(24-22-27)26-34-36(31-17-9-3-10-18-31)32-19-11-4-12-20-32/h1-26H. The van der Waals surface area contributed by atoms with E-state index in [0.29, 0.717) is 0 Å². The van der Waals surface area contributed by atoms with Crippen LogP contribution in [0.3, 0.4) is 0 Å². The third-order valence-electron chi connectivity index (χ3n) is 5.58. The minimum atomic E-state index is 1.01. The first kappa shape index (κ1) is 22.8. The summed E-state index contributed by atoms with van der Waals surface area (Å²) in [5.74, 6) is 0. The Kier molecular flexibility index (Phi) is 7.26. The second-order valence-corrected chi connectivity index (χ2v) is 8.12. The van der Waals surface area contributed by atoms with Gasteiger partial charge in [0.25, 0.3) is 0 Å². The van der Waals surface area contributed by atoms with Gasteiger partial charge in [-0.15, -0.1) is 0 Å². The second-order valence-electron chi connectivity index (χ2n) is 8.12. The molecule has 5 rings (SSSR count). The Morgan fingerprint density at radius 1 is 0.333 bits per heavy atom. The van der Waals surface area contributed by atoms with E-state index in [-0.39, 0.29) is 0 Å². The van der Waals surface area contributed by atoms with E-state index in [4.69, 9.17) is 10.2 Å². The molecule has 0 N–H and O–H groups in total. The molecule has 0 heterocycles. The topological polar surface area (TPSA) is 31.2 Å². The van der Waals surface area contributed by atoms with Crippen molar-refractivity contribution in [3.63, 3.8) is 0 Å². The SMILES string of the molecule is C(=NN(c1ccccc1)c1ccccc1)c1ccc(C=NN(c2ccccc2)c2ccccc2)cc1. The first-order chi connectivity index (χ1) is 17.9. The number of hydrazone groups is 2. The van der Waals surface area contributed by atoms with Crippen molar-refractivity contribution >= 4 is 35.2 Å². The number of nitrogens with zero attached hydrogens (tertiary/aromatic N) is 4. The zero-order valence-electron chi connectivity index (χ0n) is 19.8. The van der Waals surface area contributed by atoms with E-state index in [1.165, 1.54) is 0 Å². The summed E-state index contributed by atoms with van der Waals surface area (Å²) < 4.78 is 0. The lowest BCUT2D eigenvalue weighted by Gasteiger charge is -2.19. The van der Waals surface area contributed by atoms with Crippen LogP contribution in [0, 0.1) is 0 Å². The maximum absolute atomic E-state index is 4.78. The van der Waals surface area contributed by atoms with Gasteiger partial charge in [0.2, 0.25) is 0 Å². The van der Waals surface area contributed by atoms with Gasteiger partial charge in [-0.25, -0.2) is 10.0 Å². The molecule has 0 aliphatic rings. The van der Waals surface area contributed by atoms with Crippen molar-refractivity contribution in [3.05, 3.63) is 157 Å². The Bertz CT molecular complexity index is 1210. The van der Waals surface area contributed by atoms with Gasteiger partial charge in [-0.05, 0) is 59.7 Å². The molecule has 5 aromatic carbocycles. The average molecular weight is 467 g/mol. The maximum Gasteiger partial charge on any atom is 0.0652 e. The smallest absolute Gasteiger partial charge is 0.0652 e. The predicted molar refractivity (Wildman–Crippen MR) is 152 cm³/mol. The lowest BCUT2D eigenvalue weighted by molar-refractivity contribution is 1.09. The largest absolute Gasteiger partial charge is 0.234 e. The Morgan fingerprint density at radius 3 is 0.833 bits per heavy atom. The van der Waals surface area contributed by atoms with Crippen molar-refractivity contribution in [1.82, 2.24) is 0 Å². The summed E-state index contributed by atoms with van der Waals surface area (Å²) in [6.07, 6.45) is 3.75. The molecular formula is C32H26N4. The van der Waals surface area contributed by atoms with Crippen molar-refractivity contribution in [2.24, 2.45) is 10.2 Å². The summed E-state index contributed by atoms with van der Waals surface area (Å²) >= 11 is 0. The Hall–Kier alpha value is -4.96. The van der Waals surface area contributed by atoms with E-state index in [1.807, 2.05) is 120 Å². The van der Waals surface area contributed by atoms with Gasteiger partial charge in [0.05, 0.1) is 35.2 Å². The van der Waals surface area contributed by atoms with E-state index in [2.05, 4.69) is 48.5 Å². The minimum Gasteiger partial charge on any atom is -0.234 e. The normalized spacial score (nSPS) is 11.1. The van der Waals surface area contributed by atoms with Crippen LogP contribution in [0.5, 0.6) is 0 Å². The zero-order valence-corrected chi connectivity index (χ0v) is 19.8. The van der Waals surface area contributed by atoms with Gasteiger partial charge in [-0.1, -0.05) is 97.1 Å². The van der Waals surface area contributed by atoms with E-state index in [9.17, 15) is 0 Å². The average Bonchev–Trinajstić information content (AvgIpc) is 2.96. The van der Waals surface area contributed by atoms with Crippen LogP contribution in [-0.2, 0) is 0 Å². The van der Waals surface area contributed by atoms with Gasteiger partial charge in [-0.3, -0.25) is 0 Å². The van der Waals surface area contributed by atoms with E-state index in [0.717, 1.165) is 33.9 Å². The minimum absolute atomic E-state index is 1.01. The number of hydrogen-bond acceptors (Lipinski definition) is 4. The highest BCUT2D eigenvalue weighted by atomic mass is 15.5. The molecule has 36 heavy (non-hydrogen) atoms. The van der Waals surface area contributed by atoms with E-state index in [1.54, 1.807) is 0 Å². The van der Waals surface area contributed by atoms with Crippen LogP contribution >= 0.6 is 0 Å². The Balaban J connectivity index is 1.36. The molecule has 0 atom stereocenters. The highest BCUT2D eigenvalue weighted by Crippen LogP contribution is 2.26. The Morgan fingerprint density at radius 2 is 0.583 bits per heavy atom. The molecule has 0 aliphatic carbocycles. The number of benzene rings is 5. The summed E-state index contributed by atoms with van der Waals surface area (Å²) in [4.78, 5) is 0. The van der Waals surface area contributed by atoms with Crippen LogP contribution < -0.4 is 10.0 Å². The summed E-state index contributed by atoms with van der Waals surface area (Å²) in [5.41, 5.74) is 6.03. The molecule has 0 bridgehead atoms.